The van der Waals surface area contributed by atoms with Crippen LogP contribution in [0.3, 0.4) is 0 Å². The number of hydrogen-bond donors (Lipinski definition) is 0. The molecule has 0 saturated carbocycles. The average molecular weight is 780 g/mol. The standard InChI is InChI=1S/C57H37NOSi/c1-5-18-40(19-6-1)58-53-29-16-15-26-46(53)48-28-17-31-56(57(48)58)60(41-20-7-2-8-21-41,42-22-9-3-10-23-42)43-34-32-39(33-35-43)36-49-44-24-13-14-25-45(44)50-37-52-47-27-11-4-12-30-54(47)59-55(52)38-51(49)50/h1-11,13-38H/b49-36-. The van der Waals surface area contributed by atoms with Gasteiger partial charge in [-0.25, -0.2) is 0 Å². The summed E-state index contributed by atoms with van der Waals surface area (Å²) in [7, 11) is -2.98. The molecule has 0 atom stereocenters. The summed E-state index contributed by atoms with van der Waals surface area (Å²) in [4.78, 5) is 0. The van der Waals surface area contributed by atoms with Gasteiger partial charge in [-0.05, 0) is 103 Å². The Morgan fingerprint density at radius 1 is 0.517 bits per heavy atom. The van der Waals surface area contributed by atoms with Crippen LogP contribution in [0.25, 0.3) is 73.4 Å². The number of benzene rings is 8. The van der Waals surface area contributed by atoms with E-state index in [2.05, 4.69) is 217 Å². The van der Waals surface area contributed by atoms with Crippen LogP contribution in [0.4, 0.5) is 0 Å². The highest BCUT2D eigenvalue weighted by Crippen LogP contribution is 2.48. The quantitative estimate of drug-likeness (QED) is 0.0934. The molecule has 2 aliphatic carbocycles. The van der Waals surface area contributed by atoms with Crippen LogP contribution in [-0.4, -0.2) is 12.6 Å². The zero-order valence-electron chi connectivity index (χ0n) is 32.7. The molecule has 0 bridgehead atoms. The van der Waals surface area contributed by atoms with Crippen molar-refractivity contribution in [2.75, 3.05) is 0 Å². The van der Waals surface area contributed by atoms with Crippen molar-refractivity contribution in [1.82, 2.24) is 4.57 Å². The van der Waals surface area contributed by atoms with Crippen molar-refractivity contribution in [2.45, 2.75) is 0 Å². The molecule has 10 aromatic rings. The van der Waals surface area contributed by atoms with Crippen molar-refractivity contribution in [3.63, 3.8) is 0 Å². The van der Waals surface area contributed by atoms with Crippen molar-refractivity contribution in [2.24, 2.45) is 0 Å². The normalized spacial score (nSPS) is 13.6. The van der Waals surface area contributed by atoms with Gasteiger partial charge in [0.25, 0.3) is 0 Å². The van der Waals surface area contributed by atoms with E-state index in [9.17, 15) is 0 Å². The number of hydrogen-bond acceptors (Lipinski definition) is 1. The van der Waals surface area contributed by atoms with E-state index in [4.69, 9.17) is 4.42 Å². The second-order valence-electron chi connectivity index (χ2n) is 15.7. The Bertz CT molecular complexity index is 3390. The molecule has 12 rings (SSSR count). The van der Waals surface area contributed by atoms with E-state index in [0.717, 1.165) is 33.5 Å². The fraction of sp³-hybridized carbons (Fsp3) is 0. The molecule has 0 N–H and O–H groups in total. The third-order valence-corrected chi connectivity index (χ3v) is 17.4. The molecule has 60 heavy (non-hydrogen) atoms. The van der Waals surface area contributed by atoms with Gasteiger partial charge < -0.3 is 8.98 Å². The Kier molecular flexibility index (Phi) is 7.86. The summed E-state index contributed by atoms with van der Waals surface area (Å²) in [6.45, 7) is 0. The first kappa shape index (κ1) is 34.4. The number of rotatable bonds is 6. The fourth-order valence-corrected chi connectivity index (χ4v) is 14.9. The van der Waals surface area contributed by atoms with Crippen LogP contribution in [0.1, 0.15) is 28.0 Å². The maximum Gasteiger partial charge on any atom is 0.181 e. The molecule has 2 aliphatic rings. The topological polar surface area (TPSA) is 18.1 Å². The van der Waals surface area contributed by atoms with Crippen LogP contribution in [-0.2, 0) is 0 Å². The van der Waals surface area contributed by atoms with Gasteiger partial charge in [0.05, 0.1) is 11.0 Å². The van der Waals surface area contributed by atoms with Gasteiger partial charge in [0, 0.05) is 33.5 Å². The predicted octanol–water partition coefficient (Wildman–Crippen LogP) is 11.7. The van der Waals surface area contributed by atoms with Gasteiger partial charge in [0.1, 0.15) is 11.3 Å². The van der Waals surface area contributed by atoms with Crippen LogP contribution < -0.4 is 20.7 Å². The van der Waals surface area contributed by atoms with Gasteiger partial charge in [0.15, 0.2) is 8.07 Å². The van der Waals surface area contributed by atoms with Crippen LogP contribution >= 0.6 is 0 Å². The fourth-order valence-electron chi connectivity index (χ4n) is 9.99. The van der Waals surface area contributed by atoms with E-state index in [1.54, 1.807) is 0 Å². The molecule has 3 heteroatoms. The monoisotopic (exact) mass is 779 g/mol. The van der Waals surface area contributed by atoms with E-state index in [-0.39, 0.29) is 0 Å². The first-order chi connectivity index (χ1) is 29.8. The Hall–Kier alpha value is -7.68. The summed E-state index contributed by atoms with van der Waals surface area (Å²) in [5.41, 5.74) is 16.1. The second kappa shape index (κ2) is 13.7. The molecule has 2 heterocycles. The van der Waals surface area contributed by atoms with Crippen LogP contribution in [0.5, 0.6) is 0 Å². The summed E-state index contributed by atoms with van der Waals surface area (Å²) in [5, 5.41) is 9.04. The lowest BCUT2D eigenvalue weighted by atomic mass is 9.99. The lowest BCUT2D eigenvalue weighted by molar-refractivity contribution is 0.603. The van der Waals surface area contributed by atoms with Crippen LogP contribution in [0.15, 0.2) is 216 Å². The molecule has 2 aromatic heterocycles. The molecule has 8 aromatic carbocycles. The lowest BCUT2D eigenvalue weighted by Gasteiger charge is -2.35. The first-order valence-electron chi connectivity index (χ1n) is 20.6. The number of furan rings is 1. The third kappa shape index (κ3) is 5.14. The summed E-state index contributed by atoms with van der Waals surface area (Å²) in [5.74, 6) is 0.845. The molecular formula is C57H37NOSi. The highest BCUT2D eigenvalue weighted by atomic mass is 28.3. The van der Waals surface area contributed by atoms with E-state index in [1.165, 1.54) is 70.4 Å². The average Bonchev–Trinajstić information content (AvgIpc) is 3.86. The number of fused-ring (bicyclic) bond motifs is 9. The number of allylic oxidation sites excluding steroid dienone is 2. The molecule has 0 fully saturated rings. The molecule has 0 amide bonds. The maximum atomic E-state index is 6.45. The predicted molar refractivity (Wildman–Crippen MR) is 255 cm³/mol. The SMILES string of the molecule is C1=CC=Cc2c(oc3cc4c(cc23)-c2ccccc2/C4=C/c2ccc([Si](c3ccccc3)(c3ccccc3)c3cccc4c5ccccc5n(-c5ccccc5)c34)cc2)C=1. The van der Waals surface area contributed by atoms with Gasteiger partial charge in [-0.2, -0.15) is 0 Å². The van der Waals surface area contributed by atoms with Crippen molar-refractivity contribution >= 4 is 85.4 Å². The third-order valence-electron chi connectivity index (χ3n) is 12.5. The minimum atomic E-state index is -2.98. The van der Waals surface area contributed by atoms with Crippen molar-refractivity contribution in [1.29, 1.82) is 0 Å². The number of aromatic nitrogens is 1. The highest BCUT2D eigenvalue weighted by molar-refractivity contribution is 7.20. The molecule has 0 aliphatic heterocycles. The van der Waals surface area contributed by atoms with E-state index < -0.39 is 8.07 Å². The lowest BCUT2D eigenvalue weighted by Crippen LogP contribution is -2.75. The van der Waals surface area contributed by atoms with Crippen molar-refractivity contribution in [3.8, 4) is 16.8 Å². The minimum absolute atomic E-state index is 0.845. The molecule has 2 nitrogen and oxygen atoms in total. The summed E-state index contributed by atoms with van der Waals surface area (Å²) >= 11 is 0. The van der Waals surface area contributed by atoms with Crippen molar-refractivity contribution < 1.29 is 4.42 Å². The van der Waals surface area contributed by atoms with Crippen LogP contribution in [0.2, 0.25) is 0 Å². The summed E-state index contributed by atoms with van der Waals surface area (Å²) in [6, 6.07) is 72.0. The van der Waals surface area contributed by atoms with Gasteiger partial charge in [-0.1, -0.05) is 170 Å². The van der Waals surface area contributed by atoms with E-state index in [0.29, 0.717) is 0 Å². The second-order valence-corrected chi connectivity index (χ2v) is 19.5. The van der Waals surface area contributed by atoms with Gasteiger partial charge in [-0.15, -0.1) is 5.73 Å². The van der Waals surface area contributed by atoms with E-state index >= 15 is 0 Å². The first-order valence-corrected chi connectivity index (χ1v) is 22.6. The zero-order valence-corrected chi connectivity index (χ0v) is 33.7. The molecule has 0 saturated heterocycles. The largest absolute Gasteiger partial charge is 0.455 e. The smallest absolute Gasteiger partial charge is 0.181 e. The highest BCUT2D eigenvalue weighted by Gasteiger charge is 2.43. The molecular weight excluding hydrogens is 743 g/mol. The Morgan fingerprint density at radius 2 is 1.17 bits per heavy atom. The molecule has 0 spiro atoms. The maximum absolute atomic E-state index is 6.45. The molecule has 0 radical (unpaired) electrons. The van der Waals surface area contributed by atoms with E-state index in [1.807, 2.05) is 18.2 Å². The van der Waals surface area contributed by atoms with Gasteiger partial charge in [-0.3, -0.25) is 0 Å². The number of para-hydroxylation sites is 3. The Labute approximate surface area is 349 Å². The molecule has 280 valence electrons. The van der Waals surface area contributed by atoms with Crippen molar-refractivity contribution in [3.05, 3.63) is 240 Å². The Morgan fingerprint density at radius 3 is 1.93 bits per heavy atom. The van der Waals surface area contributed by atoms with Gasteiger partial charge in [0.2, 0.25) is 0 Å². The zero-order chi connectivity index (χ0) is 39.6. The van der Waals surface area contributed by atoms with Gasteiger partial charge >= 0.3 is 0 Å². The minimum Gasteiger partial charge on any atom is -0.455 e. The molecule has 0 unspecified atom stereocenters. The summed E-state index contributed by atoms with van der Waals surface area (Å²) < 4.78 is 8.94. The number of nitrogens with zero attached hydrogens (tertiary/aromatic N) is 1. The summed E-state index contributed by atoms with van der Waals surface area (Å²) in [6.07, 6.45) is 10.4. The van der Waals surface area contributed by atoms with Crippen LogP contribution in [0, 0.1) is 0 Å². The Balaban J connectivity index is 1.09.